The number of hydrogen-bond acceptors (Lipinski definition) is 3. The van der Waals surface area contributed by atoms with E-state index in [4.69, 9.17) is 5.73 Å². The summed E-state index contributed by atoms with van der Waals surface area (Å²) in [7, 11) is 0. The molecule has 6 nitrogen and oxygen atoms in total. The SMILES string of the molecule is CCc1cccc(CC)c1N(C(N)=O)c1ncnn1-c1ccccc1. The van der Waals surface area contributed by atoms with Gasteiger partial charge in [0.05, 0.1) is 11.4 Å². The van der Waals surface area contributed by atoms with Gasteiger partial charge in [0.25, 0.3) is 0 Å². The molecule has 0 radical (unpaired) electrons. The Morgan fingerprint density at radius 2 is 1.68 bits per heavy atom. The third kappa shape index (κ3) is 3.10. The topological polar surface area (TPSA) is 77.0 Å². The highest BCUT2D eigenvalue weighted by atomic mass is 16.2. The number of carbonyl (C=O) groups is 1. The number of rotatable bonds is 5. The summed E-state index contributed by atoms with van der Waals surface area (Å²) in [6.07, 6.45) is 3.00. The molecule has 25 heavy (non-hydrogen) atoms. The number of nitrogens with two attached hydrogens (primary N) is 1. The van der Waals surface area contributed by atoms with Crippen molar-refractivity contribution in [3.05, 3.63) is 66.0 Å². The molecule has 1 heterocycles. The van der Waals surface area contributed by atoms with Gasteiger partial charge in [0.2, 0.25) is 5.95 Å². The van der Waals surface area contributed by atoms with Crippen molar-refractivity contribution in [2.24, 2.45) is 5.73 Å². The molecule has 0 aliphatic rings. The highest BCUT2D eigenvalue weighted by Crippen LogP contribution is 2.32. The fraction of sp³-hybridized carbons (Fsp3) is 0.211. The van der Waals surface area contributed by atoms with E-state index in [9.17, 15) is 4.79 Å². The first kappa shape index (κ1) is 16.7. The molecule has 1 aromatic heterocycles. The lowest BCUT2D eigenvalue weighted by atomic mass is 10.0. The number of hydrogen-bond donors (Lipinski definition) is 1. The molecular weight excluding hydrogens is 314 g/mol. The third-order valence-electron chi connectivity index (χ3n) is 4.14. The minimum atomic E-state index is -0.583. The van der Waals surface area contributed by atoms with Crippen LogP contribution in [-0.4, -0.2) is 20.8 Å². The van der Waals surface area contributed by atoms with E-state index in [0.29, 0.717) is 5.95 Å². The van der Waals surface area contributed by atoms with Gasteiger partial charge >= 0.3 is 6.03 Å². The maximum absolute atomic E-state index is 12.4. The lowest BCUT2D eigenvalue weighted by molar-refractivity contribution is 0.255. The van der Waals surface area contributed by atoms with Crippen LogP contribution < -0.4 is 10.6 Å². The van der Waals surface area contributed by atoms with E-state index < -0.39 is 6.03 Å². The molecule has 2 aromatic carbocycles. The summed E-state index contributed by atoms with van der Waals surface area (Å²) in [5.74, 6) is 0.384. The smallest absolute Gasteiger partial charge is 0.326 e. The zero-order valence-electron chi connectivity index (χ0n) is 14.4. The van der Waals surface area contributed by atoms with Gasteiger partial charge in [-0.15, -0.1) is 0 Å². The molecule has 3 rings (SSSR count). The standard InChI is InChI=1S/C19H21N5O/c1-3-14-9-8-10-15(4-2)17(14)23(18(20)25)19-21-13-22-24(19)16-11-6-5-7-12-16/h5-13H,3-4H2,1-2H3,(H2,20,25). The fourth-order valence-corrected chi connectivity index (χ4v) is 2.95. The van der Waals surface area contributed by atoms with Crippen LogP contribution in [0.15, 0.2) is 54.9 Å². The molecule has 2 N–H and O–H groups in total. The van der Waals surface area contributed by atoms with E-state index in [1.54, 1.807) is 4.68 Å². The number of aromatic nitrogens is 3. The van der Waals surface area contributed by atoms with Gasteiger partial charge in [0.1, 0.15) is 6.33 Å². The second-order valence-corrected chi connectivity index (χ2v) is 5.61. The largest absolute Gasteiger partial charge is 0.351 e. The normalized spacial score (nSPS) is 10.6. The van der Waals surface area contributed by atoms with Crippen molar-refractivity contribution in [2.45, 2.75) is 26.7 Å². The minimum absolute atomic E-state index is 0.384. The summed E-state index contributed by atoms with van der Waals surface area (Å²) in [5, 5.41) is 4.28. The Morgan fingerprint density at radius 3 is 2.24 bits per heavy atom. The molecule has 0 aliphatic heterocycles. The summed E-state index contributed by atoms with van der Waals surface area (Å²) in [4.78, 5) is 18.2. The van der Waals surface area contributed by atoms with E-state index in [-0.39, 0.29) is 0 Å². The van der Waals surface area contributed by atoms with Crippen LogP contribution >= 0.6 is 0 Å². The van der Waals surface area contributed by atoms with Crippen molar-refractivity contribution >= 4 is 17.7 Å². The number of urea groups is 1. The number of carbonyl (C=O) groups excluding carboxylic acids is 1. The Morgan fingerprint density at radius 1 is 1.04 bits per heavy atom. The quantitative estimate of drug-likeness (QED) is 0.774. The van der Waals surface area contributed by atoms with Crippen LogP contribution in [0.3, 0.4) is 0 Å². The Bertz CT molecular complexity index is 850. The number of para-hydroxylation sites is 2. The molecule has 0 saturated heterocycles. The molecule has 0 bridgehead atoms. The third-order valence-corrected chi connectivity index (χ3v) is 4.14. The fourth-order valence-electron chi connectivity index (χ4n) is 2.95. The first-order chi connectivity index (χ1) is 12.2. The molecule has 6 heteroatoms. The molecule has 0 spiro atoms. The molecule has 0 saturated carbocycles. The van der Waals surface area contributed by atoms with Crippen molar-refractivity contribution in [1.29, 1.82) is 0 Å². The Balaban J connectivity index is 2.21. The number of nitrogens with zero attached hydrogens (tertiary/aromatic N) is 4. The van der Waals surface area contributed by atoms with Crippen molar-refractivity contribution in [3.63, 3.8) is 0 Å². The number of benzene rings is 2. The lowest BCUT2D eigenvalue weighted by Crippen LogP contribution is -2.35. The monoisotopic (exact) mass is 335 g/mol. The van der Waals surface area contributed by atoms with Gasteiger partial charge in [0, 0.05) is 0 Å². The van der Waals surface area contributed by atoms with E-state index in [2.05, 4.69) is 23.9 Å². The van der Waals surface area contributed by atoms with E-state index in [1.807, 2.05) is 48.5 Å². The van der Waals surface area contributed by atoms with E-state index in [1.165, 1.54) is 11.2 Å². The van der Waals surface area contributed by atoms with Crippen LogP contribution in [0.2, 0.25) is 0 Å². The van der Waals surface area contributed by atoms with Crippen LogP contribution in [-0.2, 0) is 12.8 Å². The van der Waals surface area contributed by atoms with Gasteiger partial charge in [-0.3, -0.25) is 0 Å². The van der Waals surface area contributed by atoms with Crippen LogP contribution in [0.25, 0.3) is 5.69 Å². The van der Waals surface area contributed by atoms with Crippen molar-refractivity contribution in [1.82, 2.24) is 14.8 Å². The highest BCUT2D eigenvalue weighted by molar-refractivity contribution is 5.98. The maximum Gasteiger partial charge on any atom is 0.326 e. The molecular formula is C19H21N5O. The summed E-state index contributed by atoms with van der Waals surface area (Å²) in [5.41, 5.74) is 9.45. The van der Waals surface area contributed by atoms with Gasteiger partial charge in [0.15, 0.2) is 0 Å². The molecule has 0 aliphatic carbocycles. The number of amides is 2. The number of aryl methyl sites for hydroxylation is 2. The maximum atomic E-state index is 12.4. The van der Waals surface area contributed by atoms with E-state index >= 15 is 0 Å². The summed E-state index contributed by atoms with van der Waals surface area (Å²) < 4.78 is 1.62. The van der Waals surface area contributed by atoms with Crippen LogP contribution in [0.4, 0.5) is 16.4 Å². The molecule has 3 aromatic rings. The Hall–Kier alpha value is -3.15. The van der Waals surface area contributed by atoms with Gasteiger partial charge in [-0.1, -0.05) is 50.2 Å². The molecule has 2 amide bonds. The number of anilines is 2. The second-order valence-electron chi connectivity index (χ2n) is 5.61. The zero-order valence-corrected chi connectivity index (χ0v) is 14.4. The van der Waals surface area contributed by atoms with Crippen LogP contribution in [0.1, 0.15) is 25.0 Å². The average molecular weight is 335 g/mol. The zero-order chi connectivity index (χ0) is 17.8. The summed E-state index contributed by atoms with van der Waals surface area (Å²) in [6, 6.07) is 15.0. The average Bonchev–Trinajstić information content (AvgIpc) is 3.11. The van der Waals surface area contributed by atoms with Gasteiger partial charge in [-0.2, -0.15) is 14.8 Å². The number of primary amides is 1. The molecule has 128 valence electrons. The van der Waals surface area contributed by atoms with E-state index in [0.717, 1.165) is 35.3 Å². The molecule has 0 atom stereocenters. The van der Waals surface area contributed by atoms with Gasteiger partial charge < -0.3 is 5.73 Å². The van der Waals surface area contributed by atoms with Crippen molar-refractivity contribution < 1.29 is 4.79 Å². The summed E-state index contributed by atoms with van der Waals surface area (Å²) >= 11 is 0. The van der Waals surface area contributed by atoms with Crippen molar-refractivity contribution in [2.75, 3.05) is 4.90 Å². The highest BCUT2D eigenvalue weighted by Gasteiger charge is 2.25. The minimum Gasteiger partial charge on any atom is -0.351 e. The second kappa shape index (κ2) is 7.17. The predicted octanol–water partition coefficient (Wildman–Crippen LogP) is 3.61. The lowest BCUT2D eigenvalue weighted by Gasteiger charge is -2.25. The van der Waals surface area contributed by atoms with Crippen LogP contribution in [0.5, 0.6) is 0 Å². The van der Waals surface area contributed by atoms with Gasteiger partial charge in [-0.05, 0) is 36.1 Å². The first-order valence-corrected chi connectivity index (χ1v) is 8.33. The Labute approximate surface area is 146 Å². The van der Waals surface area contributed by atoms with Crippen molar-refractivity contribution in [3.8, 4) is 5.69 Å². The summed E-state index contributed by atoms with van der Waals surface area (Å²) in [6.45, 7) is 4.11. The first-order valence-electron chi connectivity index (χ1n) is 8.33. The Kier molecular flexibility index (Phi) is 4.79. The molecule has 0 unspecified atom stereocenters. The van der Waals surface area contributed by atoms with Crippen LogP contribution in [0, 0.1) is 0 Å². The molecule has 0 fully saturated rings. The predicted molar refractivity (Wildman–Crippen MR) is 98.3 cm³/mol. The van der Waals surface area contributed by atoms with Gasteiger partial charge in [-0.25, -0.2) is 9.69 Å².